The maximum absolute atomic E-state index is 11.8. The first-order chi connectivity index (χ1) is 27.6. The average molecular weight is 818 g/mol. The number of aromatic nitrogens is 4. The summed E-state index contributed by atoms with van der Waals surface area (Å²) in [6, 6.07) is 1.79. The number of aliphatic hydroxyl groups excluding tert-OH is 1. The lowest BCUT2D eigenvalue weighted by Gasteiger charge is -2.12. The number of rotatable bonds is 22. The molecule has 2 aromatic heterocycles. The first kappa shape index (κ1) is 51.5. The molecule has 0 fully saturated rings. The highest BCUT2D eigenvalue weighted by Crippen LogP contribution is 2.07. The molecule has 0 aliphatic carbocycles. The molecule has 2 rings (SSSR count). The van der Waals surface area contributed by atoms with Crippen LogP contribution in [0.1, 0.15) is 76.6 Å². The number of isocyanates is 1. The Balaban J connectivity index is 0.000000981. The standard InChI is InChI=1S/C20H30N4O6.C11H15N5O3.C6H10O3/c1-4-17(26)29-13-15(3)30-18(27)10-8-6-5-7-9-11-21-20(28)24-19-22-14(2)12-16(25)23-19;1-8-6-9(18)15-10(14-8)16-11(19)13-5-3-2-4-12-7-17;1-3-6(8)9-4-5(2)7/h4,12,15H,1,5-11,13H2,2-3H3,(H3,21,22,23,24,25,28);6H,2-5H2,1H3,(H3,13,14,15,16,18,19);3,5,7H,1,4H2,2H3. The minimum Gasteiger partial charge on any atom is -0.460 e. The highest BCUT2D eigenvalue weighted by molar-refractivity contribution is 5.87. The van der Waals surface area contributed by atoms with E-state index in [0.717, 1.165) is 37.8 Å². The zero-order chi connectivity index (χ0) is 43.7. The first-order valence-corrected chi connectivity index (χ1v) is 18.3. The number of urea groups is 2. The van der Waals surface area contributed by atoms with E-state index in [1.165, 1.54) is 25.1 Å². The quantitative estimate of drug-likeness (QED) is 0.0225. The second-order valence-electron chi connectivity index (χ2n) is 12.2. The molecule has 58 heavy (non-hydrogen) atoms. The maximum Gasteiger partial charge on any atom is 0.330 e. The third-order valence-electron chi connectivity index (χ3n) is 6.69. The summed E-state index contributed by atoms with van der Waals surface area (Å²) in [6.07, 6.45) is 8.35. The fraction of sp³-hybridized carbons (Fsp3) is 0.514. The number of carbonyl (C=O) groups excluding carboxylic acids is 6. The van der Waals surface area contributed by atoms with Gasteiger partial charge >= 0.3 is 30.0 Å². The molecule has 0 aliphatic heterocycles. The second-order valence-corrected chi connectivity index (χ2v) is 12.2. The Morgan fingerprint density at radius 3 is 1.72 bits per heavy atom. The Morgan fingerprint density at radius 2 is 1.26 bits per heavy atom. The van der Waals surface area contributed by atoms with Crippen LogP contribution >= 0.6 is 0 Å². The molecule has 2 aromatic rings. The highest BCUT2D eigenvalue weighted by atomic mass is 16.6. The normalized spacial score (nSPS) is 10.8. The van der Waals surface area contributed by atoms with Crippen molar-refractivity contribution in [3.8, 4) is 0 Å². The SMILES string of the molecule is C=CC(=O)OCC(C)O.C=CC(=O)OCC(C)OC(=O)CCCCCCCNC(=O)Nc1nc(C)cc(=O)[nH]1.Cc1cc(=O)[nH]c(NC(=O)NCCCCN=C=O)n1. The van der Waals surface area contributed by atoms with Gasteiger partial charge in [0.2, 0.25) is 18.0 Å². The smallest absolute Gasteiger partial charge is 0.330 e. The van der Waals surface area contributed by atoms with Gasteiger partial charge < -0.3 is 30.0 Å². The fourth-order valence-electron chi connectivity index (χ4n) is 4.11. The van der Waals surface area contributed by atoms with Crippen LogP contribution in [0.3, 0.4) is 0 Å². The van der Waals surface area contributed by atoms with Crippen molar-refractivity contribution in [3.63, 3.8) is 0 Å². The minimum atomic E-state index is -0.603. The summed E-state index contributed by atoms with van der Waals surface area (Å²) in [7, 11) is 0. The van der Waals surface area contributed by atoms with E-state index in [0.29, 0.717) is 56.7 Å². The Kier molecular flexibility index (Phi) is 28.2. The number of aromatic amines is 2. The number of hydrogen-bond donors (Lipinski definition) is 7. The summed E-state index contributed by atoms with van der Waals surface area (Å²) in [4.78, 5) is 105. The van der Waals surface area contributed by atoms with E-state index >= 15 is 0 Å². The average Bonchev–Trinajstić information content (AvgIpc) is 3.14. The van der Waals surface area contributed by atoms with Gasteiger partial charge in [0.15, 0.2) is 0 Å². The zero-order valence-corrected chi connectivity index (χ0v) is 33.4. The van der Waals surface area contributed by atoms with E-state index in [4.69, 9.17) is 14.6 Å². The van der Waals surface area contributed by atoms with Crippen LogP contribution in [0.25, 0.3) is 0 Å². The van der Waals surface area contributed by atoms with Crippen molar-refractivity contribution >= 4 is 47.9 Å². The Hall–Kier alpha value is -6.47. The number of unbranched alkanes of at least 4 members (excludes halogenated alkanes) is 5. The van der Waals surface area contributed by atoms with Crippen LogP contribution in [0.4, 0.5) is 21.5 Å². The number of hydrogen-bond acceptors (Lipinski definition) is 15. The topological polar surface area (TPSA) is 302 Å². The maximum atomic E-state index is 11.8. The van der Waals surface area contributed by atoms with E-state index in [1.807, 2.05) is 0 Å². The highest BCUT2D eigenvalue weighted by Gasteiger charge is 2.11. The van der Waals surface area contributed by atoms with Gasteiger partial charge in [-0.15, -0.1) is 0 Å². The lowest BCUT2D eigenvalue weighted by atomic mass is 10.1. The van der Waals surface area contributed by atoms with E-state index < -0.39 is 36.2 Å². The number of aryl methyl sites for hydroxylation is 2. The lowest BCUT2D eigenvalue weighted by molar-refractivity contribution is -0.155. The molecule has 0 saturated carbocycles. The summed E-state index contributed by atoms with van der Waals surface area (Å²) in [5.41, 5.74) is 0.385. The Morgan fingerprint density at radius 1 is 0.793 bits per heavy atom. The number of aliphatic hydroxyl groups is 1. The summed E-state index contributed by atoms with van der Waals surface area (Å²) < 4.78 is 14.4. The van der Waals surface area contributed by atoms with E-state index in [-0.39, 0.29) is 42.2 Å². The van der Waals surface area contributed by atoms with Crippen LogP contribution < -0.4 is 32.4 Å². The number of amides is 4. The molecule has 2 unspecified atom stereocenters. The molecule has 4 amide bonds. The number of anilines is 2. The number of nitrogens with one attached hydrogen (secondary N) is 6. The predicted octanol–water partition coefficient (Wildman–Crippen LogP) is 2.61. The van der Waals surface area contributed by atoms with Gasteiger partial charge in [-0.1, -0.05) is 32.4 Å². The minimum absolute atomic E-state index is 0.00714. The van der Waals surface area contributed by atoms with Crippen molar-refractivity contribution in [2.24, 2.45) is 4.99 Å². The molecule has 21 nitrogen and oxygen atoms in total. The molecule has 2 atom stereocenters. The number of carbonyl (C=O) groups is 5. The largest absolute Gasteiger partial charge is 0.460 e. The summed E-state index contributed by atoms with van der Waals surface area (Å²) in [5.74, 6) is -1.16. The molecule has 21 heteroatoms. The zero-order valence-electron chi connectivity index (χ0n) is 33.4. The van der Waals surface area contributed by atoms with Crippen LogP contribution in [-0.4, -0.2) is 106 Å². The molecule has 0 aromatic carbocycles. The van der Waals surface area contributed by atoms with Crippen molar-refractivity contribution in [1.29, 1.82) is 0 Å². The van der Waals surface area contributed by atoms with Crippen LogP contribution in [0, 0.1) is 13.8 Å². The van der Waals surface area contributed by atoms with Crippen molar-refractivity contribution < 1.29 is 48.1 Å². The molecule has 2 heterocycles. The van der Waals surface area contributed by atoms with E-state index in [9.17, 15) is 38.4 Å². The molecule has 0 spiro atoms. The molecular formula is C37H55N9O12. The third kappa shape index (κ3) is 29.8. The van der Waals surface area contributed by atoms with Gasteiger partial charge in [0, 0.05) is 55.2 Å². The molecule has 0 aliphatic rings. The van der Waals surface area contributed by atoms with Crippen LogP contribution in [0.5, 0.6) is 0 Å². The summed E-state index contributed by atoms with van der Waals surface area (Å²) in [6.45, 7) is 14.4. The number of aliphatic imine (C=N–C) groups is 1. The molecule has 0 radical (unpaired) electrons. The van der Waals surface area contributed by atoms with Gasteiger partial charge in [-0.2, -0.15) is 0 Å². The number of ether oxygens (including phenoxy) is 3. The Bertz CT molecular complexity index is 1770. The van der Waals surface area contributed by atoms with Gasteiger partial charge in [0.25, 0.3) is 11.1 Å². The van der Waals surface area contributed by atoms with Crippen molar-refractivity contribution in [2.45, 2.75) is 91.3 Å². The first-order valence-electron chi connectivity index (χ1n) is 18.3. The van der Waals surface area contributed by atoms with Gasteiger partial charge in [0.1, 0.15) is 19.3 Å². The number of esters is 3. The molecule has 320 valence electrons. The van der Waals surface area contributed by atoms with Crippen molar-refractivity contribution in [3.05, 3.63) is 69.5 Å². The van der Waals surface area contributed by atoms with Crippen LogP contribution in [0.15, 0.2) is 52.0 Å². The van der Waals surface area contributed by atoms with E-state index in [1.54, 1.807) is 20.8 Å². The third-order valence-corrected chi connectivity index (χ3v) is 6.69. The van der Waals surface area contributed by atoms with Crippen LogP contribution in [0.2, 0.25) is 0 Å². The monoisotopic (exact) mass is 817 g/mol. The number of H-pyrrole nitrogens is 2. The number of nitrogens with zero attached hydrogens (tertiary/aromatic N) is 3. The molecular weight excluding hydrogens is 762 g/mol. The van der Waals surface area contributed by atoms with Crippen molar-refractivity contribution in [2.75, 3.05) is 43.5 Å². The molecule has 0 bridgehead atoms. The molecule has 7 N–H and O–H groups in total. The lowest BCUT2D eigenvalue weighted by Crippen LogP contribution is -2.31. The Labute approximate surface area is 335 Å². The van der Waals surface area contributed by atoms with E-state index in [2.05, 4.69) is 64.1 Å². The van der Waals surface area contributed by atoms with Gasteiger partial charge in [-0.25, -0.2) is 38.9 Å². The van der Waals surface area contributed by atoms with Crippen molar-refractivity contribution in [1.82, 2.24) is 30.6 Å². The van der Waals surface area contributed by atoms with Gasteiger partial charge in [0.05, 0.1) is 12.6 Å². The van der Waals surface area contributed by atoms with Gasteiger partial charge in [-0.3, -0.25) is 35.0 Å². The van der Waals surface area contributed by atoms with Gasteiger partial charge in [-0.05, 0) is 53.4 Å². The van der Waals surface area contributed by atoms with Crippen LogP contribution in [-0.2, 0) is 33.4 Å². The summed E-state index contributed by atoms with van der Waals surface area (Å²) in [5, 5.41) is 18.8. The second kappa shape index (κ2) is 31.7. The fourth-order valence-corrected chi connectivity index (χ4v) is 4.11. The molecule has 0 saturated heterocycles. The predicted molar refractivity (Wildman–Crippen MR) is 213 cm³/mol. The summed E-state index contributed by atoms with van der Waals surface area (Å²) >= 11 is 0.